The fourth-order valence-electron chi connectivity index (χ4n) is 2.68. The molecule has 0 radical (unpaired) electrons. The molecule has 1 saturated heterocycles. The molecule has 134 valence electrons. The molecule has 0 atom stereocenters. The molecule has 1 aromatic heterocycles. The Morgan fingerprint density at radius 3 is 2.40 bits per heavy atom. The van der Waals surface area contributed by atoms with E-state index in [-0.39, 0.29) is 12.5 Å². The number of halogens is 1. The summed E-state index contributed by atoms with van der Waals surface area (Å²) in [6.07, 6.45) is 1.68. The molecule has 1 aromatic carbocycles. The van der Waals surface area contributed by atoms with Gasteiger partial charge in [0.1, 0.15) is 6.54 Å². The number of fused-ring (bicyclic) bond motifs is 1. The molecule has 0 aliphatic carbocycles. The van der Waals surface area contributed by atoms with Gasteiger partial charge in [0.15, 0.2) is 0 Å². The fourth-order valence-corrected chi connectivity index (χ4v) is 2.98. The highest BCUT2D eigenvalue weighted by molar-refractivity contribution is 6.66. The summed E-state index contributed by atoms with van der Waals surface area (Å²) in [7, 11) is 2.91. The van der Waals surface area contributed by atoms with E-state index >= 15 is 0 Å². The number of carbonyl (C=O) groups excluding carboxylic acids is 1. The maximum absolute atomic E-state index is 12.0. The Kier molecular flexibility index (Phi) is 4.38. The van der Waals surface area contributed by atoms with Crippen LogP contribution in [0.3, 0.4) is 0 Å². The van der Waals surface area contributed by atoms with Crippen LogP contribution in [0.2, 0.25) is 5.02 Å². The van der Waals surface area contributed by atoms with Crippen LogP contribution in [-0.2, 0) is 20.6 Å². The molecule has 0 unspecified atom stereocenters. The van der Waals surface area contributed by atoms with Gasteiger partial charge in [0.25, 0.3) is 0 Å². The molecule has 3 rings (SSSR count). The molecule has 25 heavy (non-hydrogen) atoms. The van der Waals surface area contributed by atoms with Gasteiger partial charge in [-0.1, -0.05) is 17.7 Å². The van der Waals surface area contributed by atoms with Gasteiger partial charge in [-0.15, -0.1) is 0 Å². The molecule has 8 heteroatoms. The maximum Gasteiger partial charge on any atom is 0.496 e. The van der Waals surface area contributed by atoms with Gasteiger partial charge >= 0.3 is 7.12 Å². The second-order valence-electron chi connectivity index (χ2n) is 7.58. The molecule has 2 aromatic rings. The molecule has 6 nitrogen and oxygen atoms in total. The van der Waals surface area contributed by atoms with Gasteiger partial charge in [-0.25, -0.2) is 0 Å². The molecular weight excluding hydrogens is 340 g/mol. The molecular formula is C17H23BClN3O3. The van der Waals surface area contributed by atoms with E-state index in [1.165, 1.54) is 4.90 Å². The number of benzene rings is 1. The number of hydrogen-bond acceptors (Lipinski definition) is 4. The molecule has 0 N–H and O–H groups in total. The van der Waals surface area contributed by atoms with Gasteiger partial charge in [-0.3, -0.25) is 9.48 Å². The van der Waals surface area contributed by atoms with Gasteiger partial charge in [0, 0.05) is 24.9 Å². The SMILES string of the molecule is CN(C)C(=O)Cn1ncc2c(Cl)c(B3OC(C)(C)C(C)(C)O3)ccc21. The third-order valence-electron chi connectivity index (χ3n) is 5.08. The van der Waals surface area contributed by atoms with E-state index in [1.54, 1.807) is 25.0 Å². The first kappa shape index (κ1) is 18.2. The van der Waals surface area contributed by atoms with Crippen LogP contribution in [0.5, 0.6) is 0 Å². The summed E-state index contributed by atoms with van der Waals surface area (Å²) in [5.41, 5.74) is 0.711. The predicted molar refractivity (Wildman–Crippen MR) is 99.2 cm³/mol. The van der Waals surface area contributed by atoms with E-state index in [2.05, 4.69) is 5.10 Å². The number of nitrogens with zero attached hydrogens (tertiary/aromatic N) is 3. The van der Waals surface area contributed by atoms with E-state index in [9.17, 15) is 4.79 Å². The quantitative estimate of drug-likeness (QED) is 0.784. The minimum atomic E-state index is -0.534. The van der Waals surface area contributed by atoms with Crippen molar-refractivity contribution in [2.45, 2.75) is 45.4 Å². The Bertz CT molecular complexity index is 816. The van der Waals surface area contributed by atoms with Gasteiger partial charge in [0.2, 0.25) is 5.91 Å². The first-order valence-corrected chi connectivity index (χ1v) is 8.61. The van der Waals surface area contributed by atoms with Crippen molar-refractivity contribution in [2.24, 2.45) is 0 Å². The predicted octanol–water partition coefficient (Wildman–Crippen LogP) is 2.08. The van der Waals surface area contributed by atoms with Crippen LogP contribution in [0.15, 0.2) is 18.3 Å². The number of aromatic nitrogens is 2. The molecule has 0 saturated carbocycles. The standard InChI is InChI=1S/C17H23BClN3O3/c1-16(2)17(3,4)25-18(24-16)12-7-8-13-11(15(12)19)9-20-22(13)10-14(23)21(5)6/h7-9H,10H2,1-6H3. The molecule has 1 amide bonds. The number of likely N-dealkylation sites (N-methyl/N-ethyl adjacent to an activating group) is 1. The van der Waals surface area contributed by atoms with Crippen molar-refractivity contribution in [3.05, 3.63) is 23.4 Å². The van der Waals surface area contributed by atoms with Crippen molar-refractivity contribution >= 4 is 41.0 Å². The molecule has 0 bridgehead atoms. The summed E-state index contributed by atoms with van der Waals surface area (Å²) >= 11 is 6.61. The smallest absolute Gasteiger partial charge is 0.399 e. The molecule has 1 fully saturated rings. The van der Waals surface area contributed by atoms with E-state index in [0.717, 1.165) is 16.4 Å². The first-order valence-electron chi connectivity index (χ1n) is 8.23. The molecule has 2 heterocycles. The van der Waals surface area contributed by atoms with Gasteiger partial charge in [-0.2, -0.15) is 5.10 Å². The van der Waals surface area contributed by atoms with E-state index in [0.29, 0.717) is 5.02 Å². The zero-order valence-electron chi connectivity index (χ0n) is 15.5. The zero-order chi connectivity index (χ0) is 18.6. The first-order chi connectivity index (χ1) is 11.5. The van der Waals surface area contributed by atoms with Gasteiger partial charge in [-0.05, 0) is 33.8 Å². The highest BCUT2D eigenvalue weighted by atomic mass is 35.5. The van der Waals surface area contributed by atoms with Gasteiger partial charge < -0.3 is 14.2 Å². The second kappa shape index (κ2) is 6.00. The molecule has 1 aliphatic heterocycles. The van der Waals surface area contributed by atoms with Crippen molar-refractivity contribution in [3.63, 3.8) is 0 Å². The Balaban J connectivity index is 1.96. The summed E-state index contributed by atoms with van der Waals surface area (Å²) in [5.74, 6) is -0.0313. The molecule has 1 aliphatic rings. The minimum Gasteiger partial charge on any atom is -0.399 e. The lowest BCUT2D eigenvalue weighted by Gasteiger charge is -2.32. The van der Waals surface area contributed by atoms with Crippen LogP contribution >= 0.6 is 11.6 Å². The number of carbonyl (C=O) groups is 1. The summed E-state index contributed by atoms with van der Waals surface area (Å²) in [6, 6.07) is 3.78. The van der Waals surface area contributed by atoms with Crippen LogP contribution in [0.4, 0.5) is 0 Å². The largest absolute Gasteiger partial charge is 0.496 e. The third kappa shape index (κ3) is 3.05. The average molecular weight is 364 g/mol. The van der Waals surface area contributed by atoms with Gasteiger partial charge in [0.05, 0.1) is 27.9 Å². The fraction of sp³-hybridized carbons (Fsp3) is 0.529. The van der Waals surface area contributed by atoms with Crippen LogP contribution in [-0.4, -0.2) is 53.0 Å². The Morgan fingerprint density at radius 1 is 1.24 bits per heavy atom. The summed E-state index contributed by atoms with van der Waals surface area (Å²) in [5, 5.41) is 5.63. The van der Waals surface area contributed by atoms with Crippen molar-refractivity contribution in [2.75, 3.05) is 14.1 Å². The summed E-state index contributed by atoms with van der Waals surface area (Å²) < 4.78 is 13.8. The topological polar surface area (TPSA) is 56.6 Å². The van der Waals surface area contributed by atoms with Crippen LogP contribution in [0.1, 0.15) is 27.7 Å². The Morgan fingerprint density at radius 2 is 1.84 bits per heavy atom. The monoisotopic (exact) mass is 363 g/mol. The minimum absolute atomic E-state index is 0.0313. The maximum atomic E-state index is 12.0. The lowest BCUT2D eigenvalue weighted by Crippen LogP contribution is -2.41. The van der Waals surface area contributed by atoms with Crippen molar-refractivity contribution in [3.8, 4) is 0 Å². The number of hydrogen-bond donors (Lipinski definition) is 0. The van der Waals surface area contributed by atoms with Crippen molar-refractivity contribution in [1.82, 2.24) is 14.7 Å². The van der Waals surface area contributed by atoms with E-state index < -0.39 is 18.3 Å². The zero-order valence-corrected chi connectivity index (χ0v) is 16.2. The van der Waals surface area contributed by atoms with E-state index in [1.807, 2.05) is 39.8 Å². The lowest BCUT2D eigenvalue weighted by molar-refractivity contribution is -0.129. The van der Waals surface area contributed by atoms with Crippen LogP contribution < -0.4 is 5.46 Å². The normalized spacial score (nSPS) is 18.8. The summed E-state index contributed by atoms with van der Waals surface area (Å²) in [4.78, 5) is 13.5. The second-order valence-corrected chi connectivity index (χ2v) is 7.96. The highest BCUT2D eigenvalue weighted by Crippen LogP contribution is 2.37. The number of rotatable bonds is 3. The Labute approximate surface area is 153 Å². The van der Waals surface area contributed by atoms with Crippen molar-refractivity contribution < 1.29 is 14.1 Å². The molecule has 0 spiro atoms. The van der Waals surface area contributed by atoms with Crippen LogP contribution in [0, 0.1) is 0 Å². The highest BCUT2D eigenvalue weighted by Gasteiger charge is 2.52. The number of amides is 1. The third-order valence-corrected chi connectivity index (χ3v) is 5.50. The van der Waals surface area contributed by atoms with Crippen LogP contribution in [0.25, 0.3) is 10.9 Å². The lowest BCUT2D eigenvalue weighted by atomic mass is 9.78. The average Bonchev–Trinajstić information content (AvgIpc) is 2.98. The van der Waals surface area contributed by atoms with Crippen molar-refractivity contribution in [1.29, 1.82) is 0 Å². The summed E-state index contributed by atoms with van der Waals surface area (Å²) in [6.45, 7) is 8.19. The van der Waals surface area contributed by atoms with E-state index in [4.69, 9.17) is 20.9 Å². The Hall–Kier alpha value is -1.57.